The molecule has 0 fully saturated rings. The average Bonchev–Trinajstić information content (AvgIpc) is 2.14. The number of carbonyl (C=O) groups is 1. The van der Waals surface area contributed by atoms with Crippen LogP contribution in [-0.4, -0.2) is 10.7 Å². The number of nitro benzene ring substituents is 1. The Hall–Kier alpha value is -1.44. The first-order valence-corrected chi connectivity index (χ1v) is 5.00. The number of rotatable bonds is 2. The smallest absolute Gasteiger partial charge is 0.294 e. The van der Waals surface area contributed by atoms with Crippen LogP contribution in [0.15, 0.2) is 16.6 Å². The van der Waals surface area contributed by atoms with Crippen LogP contribution in [0.3, 0.4) is 0 Å². The molecule has 1 aromatic carbocycles. The zero-order valence-electron chi connectivity index (χ0n) is 8.34. The number of Topliss-reactive ketones (excluding diaryl/α,β-unsaturated/α-hetero) is 1. The van der Waals surface area contributed by atoms with Gasteiger partial charge in [-0.05, 0) is 35.0 Å². The minimum absolute atomic E-state index is 0.166. The number of ketones is 1. The molecule has 0 aliphatic rings. The molecule has 92 valence electrons. The first-order chi connectivity index (χ1) is 7.66. The molecule has 0 saturated heterocycles. The molecule has 0 amide bonds. The van der Waals surface area contributed by atoms with E-state index < -0.39 is 33.7 Å². The molecule has 0 aliphatic heterocycles. The fourth-order valence-corrected chi connectivity index (χ4v) is 1.81. The van der Waals surface area contributed by atoms with Gasteiger partial charge in [-0.15, -0.1) is 0 Å². The Balaban J connectivity index is 3.72. The predicted molar refractivity (Wildman–Crippen MR) is 55.8 cm³/mol. The molecule has 1 rings (SSSR count). The molecule has 0 N–H and O–H groups in total. The number of benzene rings is 1. The lowest BCUT2D eigenvalue weighted by molar-refractivity contribution is -0.386. The maximum Gasteiger partial charge on any atom is 0.417 e. The highest BCUT2D eigenvalue weighted by Crippen LogP contribution is 2.39. The Morgan fingerprint density at radius 1 is 1.41 bits per heavy atom. The van der Waals surface area contributed by atoms with Crippen molar-refractivity contribution in [1.82, 2.24) is 0 Å². The van der Waals surface area contributed by atoms with Gasteiger partial charge in [0, 0.05) is 0 Å². The van der Waals surface area contributed by atoms with Crippen molar-refractivity contribution in [1.29, 1.82) is 0 Å². The lowest BCUT2D eigenvalue weighted by atomic mass is 10.0. The summed E-state index contributed by atoms with van der Waals surface area (Å²) >= 11 is 2.76. The van der Waals surface area contributed by atoms with Crippen molar-refractivity contribution in [2.24, 2.45) is 0 Å². The number of carbonyl (C=O) groups excluding carboxylic acids is 1. The van der Waals surface area contributed by atoms with Crippen LogP contribution in [0.5, 0.6) is 0 Å². The van der Waals surface area contributed by atoms with Gasteiger partial charge in [0.1, 0.15) is 5.56 Å². The standard InChI is InChI=1S/C9H5BrF3NO3/c1-4(15)7-5(9(11,12)13)2-3-6(10)8(7)14(16)17/h2-3H,1H3. The molecule has 8 heteroatoms. The SMILES string of the molecule is CC(=O)c1c(C(F)(F)F)ccc(Br)c1[N+](=O)[O-]. The van der Waals surface area contributed by atoms with Crippen LogP contribution < -0.4 is 0 Å². The van der Waals surface area contributed by atoms with E-state index in [-0.39, 0.29) is 4.47 Å². The predicted octanol–water partition coefficient (Wildman–Crippen LogP) is 3.58. The number of nitrogens with zero attached hydrogens (tertiary/aromatic N) is 1. The van der Waals surface area contributed by atoms with Crippen molar-refractivity contribution in [3.8, 4) is 0 Å². The van der Waals surface area contributed by atoms with Crippen LogP contribution in [0.2, 0.25) is 0 Å². The molecule has 17 heavy (non-hydrogen) atoms. The van der Waals surface area contributed by atoms with E-state index in [1.165, 1.54) is 0 Å². The average molecular weight is 312 g/mol. The van der Waals surface area contributed by atoms with Crippen LogP contribution in [0.25, 0.3) is 0 Å². The molecular formula is C9H5BrF3NO3. The summed E-state index contributed by atoms with van der Waals surface area (Å²) in [5, 5.41) is 10.7. The van der Waals surface area contributed by atoms with E-state index in [2.05, 4.69) is 15.9 Å². The Morgan fingerprint density at radius 2 is 1.94 bits per heavy atom. The van der Waals surface area contributed by atoms with Crippen molar-refractivity contribution in [3.63, 3.8) is 0 Å². The van der Waals surface area contributed by atoms with Crippen LogP contribution in [0.1, 0.15) is 22.8 Å². The van der Waals surface area contributed by atoms with Gasteiger partial charge in [-0.2, -0.15) is 13.2 Å². The molecule has 0 bridgehead atoms. The largest absolute Gasteiger partial charge is 0.417 e. The van der Waals surface area contributed by atoms with Crippen molar-refractivity contribution >= 4 is 27.4 Å². The van der Waals surface area contributed by atoms with Crippen molar-refractivity contribution < 1.29 is 22.9 Å². The second-order valence-corrected chi connectivity index (χ2v) is 3.98. The van der Waals surface area contributed by atoms with Gasteiger partial charge in [-0.3, -0.25) is 14.9 Å². The summed E-state index contributed by atoms with van der Waals surface area (Å²) in [6, 6.07) is 1.53. The summed E-state index contributed by atoms with van der Waals surface area (Å²) in [5.41, 5.74) is -3.11. The molecule has 0 atom stereocenters. The van der Waals surface area contributed by atoms with Gasteiger partial charge in [-0.1, -0.05) is 0 Å². The molecule has 0 aliphatic carbocycles. The molecule has 1 aromatic rings. The van der Waals surface area contributed by atoms with E-state index in [4.69, 9.17) is 0 Å². The monoisotopic (exact) mass is 311 g/mol. The third-order valence-electron chi connectivity index (χ3n) is 1.97. The molecule has 0 heterocycles. The van der Waals surface area contributed by atoms with Crippen molar-refractivity contribution in [2.75, 3.05) is 0 Å². The lowest BCUT2D eigenvalue weighted by Crippen LogP contribution is -2.14. The number of halogens is 4. The van der Waals surface area contributed by atoms with Crippen LogP contribution in [-0.2, 0) is 6.18 Å². The third kappa shape index (κ3) is 2.63. The van der Waals surface area contributed by atoms with Gasteiger partial charge < -0.3 is 0 Å². The normalized spacial score (nSPS) is 11.4. The van der Waals surface area contributed by atoms with Crippen LogP contribution in [0.4, 0.5) is 18.9 Å². The number of hydrogen-bond donors (Lipinski definition) is 0. The van der Waals surface area contributed by atoms with E-state index >= 15 is 0 Å². The van der Waals surface area contributed by atoms with E-state index in [9.17, 15) is 28.1 Å². The lowest BCUT2D eigenvalue weighted by Gasteiger charge is -2.11. The molecule has 4 nitrogen and oxygen atoms in total. The molecule has 0 unspecified atom stereocenters. The summed E-state index contributed by atoms with van der Waals surface area (Å²) in [5.74, 6) is -1.01. The zero-order chi connectivity index (χ0) is 13.4. The summed E-state index contributed by atoms with van der Waals surface area (Å²) in [7, 11) is 0. The molecular weight excluding hydrogens is 307 g/mol. The Kier molecular flexibility index (Phi) is 3.56. The van der Waals surface area contributed by atoms with Crippen LogP contribution >= 0.6 is 15.9 Å². The van der Waals surface area contributed by atoms with Gasteiger partial charge in [0.2, 0.25) is 0 Å². The quantitative estimate of drug-likeness (QED) is 0.476. The summed E-state index contributed by atoms with van der Waals surface area (Å²) < 4.78 is 37.6. The Morgan fingerprint density at radius 3 is 2.29 bits per heavy atom. The van der Waals surface area contributed by atoms with Gasteiger partial charge in [0.05, 0.1) is 15.0 Å². The number of hydrogen-bond acceptors (Lipinski definition) is 3. The Labute approximate surface area is 102 Å². The molecule has 0 radical (unpaired) electrons. The molecule has 0 spiro atoms. The maximum absolute atomic E-state index is 12.6. The summed E-state index contributed by atoms with van der Waals surface area (Å²) in [4.78, 5) is 20.8. The first-order valence-electron chi connectivity index (χ1n) is 4.21. The second-order valence-electron chi connectivity index (χ2n) is 3.13. The number of nitro groups is 1. The minimum atomic E-state index is -4.81. The van der Waals surface area contributed by atoms with Gasteiger partial charge in [-0.25, -0.2) is 0 Å². The highest BCUT2D eigenvalue weighted by molar-refractivity contribution is 9.10. The summed E-state index contributed by atoms with van der Waals surface area (Å²) in [6.45, 7) is 0.851. The highest BCUT2D eigenvalue weighted by Gasteiger charge is 2.39. The number of alkyl halides is 3. The zero-order valence-corrected chi connectivity index (χ0v) is 9.92. The van der Waals surface area contributed by atoms with Crippen molar-refractivity contribution in [3.05, 3.63) is 37.8 Å². The van der Waals surface area contributed by atoms with Crippen molar-refractivity contribution in [2.45, 2.75) is 13.1 Å². The topological polar surface area (TPSA) is 60.2 Å². The summed E-state index contributed by atoms with van der Waals surface area (Å²) in [6.07, 6.45) is -4.81. The first kappa shape index (κ1) is 13.6. The van der Waals surface area contributed by atoms with E-state index in [1.807, 2.05) is 0 Å². The minimum Gasteiger partial charge on any atom is -0.294 e. The van der Waals surface area contributed by atoms with Gasteiger partial charge >= 0.3 is 6.18 Å². The maximum atomic E-state index is 12.6. The second kappa shape index (κ2) is 4.44. The molecule has 0 aromatic heterocycles. The van der Waals surface area contributed by atoms with Gasteiger partial charge in [0.15, 0.2) is 5.78 Å². The van der Waals surface area contributed by atoms with E-state index in [0.717, 1.165) is 13.0 Å². The highest BCUT2D eigenvalue weighted by atomic mass is 79.9. The van der Waals surface area contributed by atoms with E-state index in [1.54, 1.807) is 0 Å². The Bertz CT molecular complexity index is 499. The molecule has 0 saturated carbocycles. The fourth-order valence-electron chi connectivity index (χ4n) is 1.34. The van der Waals surface area contributed by atoms with E-state index in [0.29, 0.717) is 6.07 Å². The third-order valence-corrected chi connectivity index (χ3v) is 2.61. The fraction of sp³-hybridized carbons (Fsp3) is 0.222. The van der Waals surface area contributed by atoms with Gasteiger partial charge in [0.25, 0.3) is 5.69 Å². The van der Waals surface area contributed by atoms with Crippen LogP contribution in [0, 0.1) is 10.1 Å².